The third-order valence-corrected chi connectivity index (χ3v) is 3.45. The van der Waals surface area contributed by atoms with Crippen LogP contribution in [-0.2, 0) is 0 Å². The monoisotopic (exact) mass is 164 g/mol. The van der Waals surface area contributed by atoms with Gasteiger partial charge >= 0.3 is 0 Å². The molecule has 0 radical (unpaired) electrons. The van der Waals surface area contributed by atoms with E-state index in [2.05, 4.69) is 17.9 Å². The molecule has 0 unspecified atom stereocenters. The molecule has 0 atom stereocenters. The van der Waals surface area contributed by atoms with Gasteiger partial charge < -0.3 is 0 Å². The summed E-state index contributed by atoms with van der Waals surface area (Å²) >= 11 is 0. The molecular weight excluding hydrogens is 148 g/mol. The molecule has 2 aliphatic heterocycles. The maximum absolute atomic E-state index is 9.15. The van der Waals surface area contributed by atoms with Crippen LogP contribution in [0.15, 0.2) is 0 Å². The third-order valence-electron chi connectivity index (χ3n) is 3.45. The molecule has 2 rings (SSSR count). The van der Waals surface area contributed by atoms with Crippen LogP contribution in [0.3, 0.4) is 0 Å². The van der Waals surface area contributed by atoms with Gasteiger partial charge in [-0.1, -0.05) is 6.92 Å². The zero-order chi connectivity index (χ0) is 8.60. The van der Waals surface area contributed by atoms with Crippen LogP contribution in [0.2, 0.25) is 0 Å². The van der Waals surface area contributed by atoms with Crippen molar-refractivity contribution in [2.24, 2.45) is 0 Å². The van der Waals surface area contributed by atoms with E-state index in [-0.39, 0.29) is 5.54 Å². The van der Waals surface area contributed by atoms with Gasteiger partial charge in [-0.3, -0.25) is 4.90 Å². The average Bonchev–Trinajstić information content (AvgIpc) is 2.62. The maximum atomic E-state index is 9.15. The number of hydrogen-bond acceptors (Lipinski definition) is 2. The lowest BCUT2D eigenvalue weighted by Gasteiger charge is -2.27. The average molecular weight is 164 g/mol. The highest BCUT2D eigenvalue weighted by atomic mass is 15.3. The first-order valence-corrected chi connectivity index (χ1v) is 5.00. The molecule has 0 aromatic heterocycles. The summed E-state index contributed by atoms with van der Waals surface area (Å²) in [5.41, 5.74) is -0.0410. The second kappa shape index (κ2) is 2.74. The van der Waals surface area contributed by atoms with Crippen LogP contribution in [0.1, 0.15) is 39.0 Å². The van der Waals surface area contributed by atoms with Gasteiger partial charge in [0, 0.05) is 6.04 Å². The summed E-state index contributed by atoms with van der Waals surface area (Å²) in [7, 11) is 0. The largest absolute Gasteiger partial charge is 0.283 e. The van der Waals surface area contributed by atoms with Crippen LogP contribution in [0.5, 0.6) is 0 Å². The minimum Gasteiger partial charge on any atom is -0.283 e. The summed E-state index contributed by atoms with van der Waals surface area (Å²) in [6, 6.07) is 3.27. The van der Waals surface area contributed by atoms with E-state index >= 15 is 0 Å². The fourth-order valence-corrected chi connectivity index (χ4v) is 2.84. The molecule has 0 aromatic rings. The van der Waals surface area contributed by atoms with Crippen LogP contribution in [0.4, 0.5) is 0 Å². The zero-order valence-electron chi connectivity index (χ0n) is 7.71. The van der Waals surface area contributed by atoms with Gasteiger partial charge in [0.15, 0.2) is 0 Å². The molecule has 2 bridgehead atoms. The van der Waals surface area contributed by atoms with E-state index < -0.39 is 0 Å². The molecule has 0 amide bonds. The molecule has 0 N–H and O–H groups in total. The van der Waals surface area contributed by atoms with Gasteiger partial charge in [0.1, 0.15) is 5.54 Å². The Bertz CT molecular complexity index is 208. The molecule has 2 saturated heterocycles. The van der Waals surface area contributed by atoms with Gasteiger partial charge in [-0.2, -0.15) is 5.26 Å². The first-order valence-electron chi connectivity index (χ1n) is 5.00. The van der Waals surface area contributed by atoms with Gasteiger partial charge in [-0.05, 0) is 38.6 Å². The van der Waals surface area contributed by atoms with Crippen LogP contribution in [0, 0.1) is 11.3 Å². The van der Waals surface area contributed by atoms with E-state index in [0.29, 0.717) is 0 Å². The summed E-state index contributed by atoms with van der Waals surface area (Å²) in [5, 5.41) is 9.15. The molecule has 0 spiro atoms. The molecular formula is C10H16N2. The number of rotatable bonds is 2. The molecule has 2 heteroatoms. The fraction of sp³-hybridized carbons (Fsp3) is 0.900. The highest BCUT2D eigenvalue weighted by Crippen LogP contribution is 2.45. The molecule has 0 aliphatic carbocycles. The Labute approximate surface area is 74.2 Å². The molecule has 66 valence electrons. The van der Waals surface area contributed by atoms with Crippen molar-refractivity contribution in [3.8, 4) is 6.07 Å². The standard InChI is InChI=1S/C10H16N2/c1-2-7-12-9-3-5-10(12,8-11)6-4-9/h9H,2-7H2,1H3. The van der Waals surface area contributed by atoms with Crippen LogP contribution in [0.25, 0.3) is 0 Å². The van der Waals surface area contributed by atoms with Crippen LogP contribution >= 0.6 is 0 Å². The van der Waals surface area contributed by atoms with Crippen LogP contribution in [-0.4, -0.2) is 23.0 Å². The number of nitriles is 1. The van der Waals surface area contributed by atoms with E-state index in [4.69, 9.17) is 5.26 Å². The van der Waals surface area contributed by atoms with Gasteiger partial charge in [0.05, 0.1) is 6.07 Å². The third kappa shape index (κ3) is 0.895. The normalized spacial score (nSPS) is 40.2. The van der Waals surface area contributed by atoms with Gasteiger partial charge in [-0.25, -0.2) is 0 Å². The van der Waals surface area contributed by atoms with Crippen LogP contribution < -0.4 is 0 Å². The van der Waals surface area contributed by atoms with Gasteiger partial charge in [0.25, 0.3) is 0 Å². The van der Waals surface area contributed by atoms with Crippen molar-refractivity contribution in [2.45, 2.75) is 50.6 Å². The van der Waals surface area contributed by atoms with E-state index in [1.807, 2.05) is 0 Å². The lowest BCUT2D eigenvalue weighted by atomic mass is 9.89. The molecule has 0 aromatic carbocycles. The molecule has 2 nitrogen and oxygen atoms in total. The first-order chi connectivity index (χ1) is 5.82. The van der Waals surface area contributed by atoms with E-state index in [1.165, 1.54) is 19.3 Å². The van der Waals surface area contributed by atoms with Crippen molar-refractivity contribution in [1.29, 1.82) is 5.26 Å². The minimum atomic E-state index is -0.0410. The van der Waals surface area contributed by atoms with Crippen molar-refractivity contribution in [2.75, 3.05) is 6.54 Å². The topological polar surface area (TPSA) is 27.0 Å². The van der Waals surface area contributed by atoms with E-state index in [0.717, 1.165) is 25.4 Å². The van der Waals surface area contributed by atoms with E-state index in [1.54, 1.807) is 0 Å². The Kier molecular flexibility index (Phi) is 1.84. The summed E-state index contributed by atoms with van der Waals surface area (Å²) in [4.78, 5) is 2.45. The summed E-state index contributed by atoms with van der Waals surface area (Å²) < 4.78 is 0. The summed E-state index contributed by atoms with van der Waals surface area (Å²) in [6.07, 6.45) is 5.93. The maximum Gasteiger partial charge on any atom is 0.109 e. The Balaban J connectivity index is 2.17. The lowest BCUT2D eigenvalue weighted by molar-refractivity contribution is 0.204. The van der Waals surface area contributed by atoms with Gasteiger partial charge in [-0.15, -0.1) is 0 Å². The minimum absolute atomic E-state index is 0.0410. The van der Waals surface area contributed by atoms with Crippen molar-refractivity contribution >= 4 is 0 Å². The number of nitrogens with zero attached hydrogens (tertiary/aromatic N) is 2. The lowest BCUT2D eigenvalue weighted by Crippen LogP contribution is -2.40. The molecule has 12 heavy (non-hydrogen) atoms. The fourth-order valence-electron chi connectivity index (χ4n) is 2.84. The number of fused-ring (bicyclic) bond motifs is 2. The predicted molar refractivity (Wildman–Crippen MR) is 47.6 cm³/mol. The van der Waals surface area contributed by atoms with Gasteiger partial charge in [0.2, 0.25) is 0 Å². The highest BCUT2D eigenvalue weighted by Gasteiger charge is 2.51. The molecule has 2 heterocycles. The van der Waals surface area contributed by atoms with Crippen molar-refractivity contribution in [3.05, 3.63) is 0 Å². The quantitative estimate of drug-likeness (QED) is 0.623. The van der Waals surface area contributed by atoms with Crippen molar-refractivity contribution in [1.82, 2.24) is 4.90 Å². The summed E-state index contributed by atoms with van der Waals surface area (Å²) in [6.45, 7) is 3.32. The SMILES string of the molecule is CCCN1C2CCC1(C#N)CC2. The van der Waals surface area contributed by atoms with E-state index in [9.17, 15) is 0 Å². The second-order valence-corrected chi connectivity index (χ2v) is 4.07. The van der Waals surface area contributed by atoms with Crippen molar-refractivity contribution < 1.29 is 0 Å². The second-order valence-electron chi connectivity index (χ2n) is 4.07. The highest BCUT2D eigenvalue weighted by molar-refractivity contribution is 5.18. The molecule has 2 aliphatic rings. The Hall–Kier alpha value is -0.550. The Morgan fingerprint density at radius 1 is 1.50 bits per heavy atom. The smallest absolute Gasteiger partial charge is 0.109 e. The molecule has 0 saturated carbocycles. The predicted octanol–water partition coefficient (Wildman–Crippen LogP) is 1.92. The summed E-state index contributed by atoms with van der Waals surface area (Å²) in [5.74, 6) is 0. The Morgan fingerprint density at radius 2 is 2.17 bits per heavy atom. The number of hydrogen-bond donors (Lipinski definition) is 0. The first kappa shape index (κ1) is 8.07. The molecule has 2 fully saturated rings. The van der Waals surface area contributed by atoms with Crippen molar-refractivity contribution in [3.63, 3.8) is 0 Å². The zero-order valence-corrected chi connectivity index (χ0v) is 7.71. The Morgan fingerprint density at radius 3 is 2.67 bits per heavy atom.